The normalized spacial score (nSPS) is 17.7. The standard InChI is InChI=1S/C27H37N7O7S/c1-16(2)34-15-22(35)32(6)20-13-28-25(31-23(20)34)30-18-10-17(11-19(12-18)42(7,38)39)29-24(36)21-14-33(8-9-40-21)26(37)41-27(3,4)5/h10-13,16,21H,8-9,14-15H2,1-7H3,(H,29,36)(H,28,30,31). The number of hydrogen-bond acceptors (Lipinski definition) is 11. The van der Waals surface area contributed by atoms with Gasteiger partial charge in [-0.3, -0.25) is 9.59 Å². The van der Waals surface area contributed by atoms with Crippen LogP contribution >= 0.6 is 0 Å². The number of ether oxygens (including phenoxy) is 2. The Balaban J connectivity index is 1.57. The number of benzene rings is 1. The first-order valence-electron chi connectivity index (χ1n) is 13.4. The van der Waals surface area contributed by atoms with Crippen LogP contribution in [-0.2, 0) is 28.9 Å². The minimum atomic E-state index is -3.67. The molecule has 3 heterocycles. The summed E-state index contributed by atoms with van der Waals surface area (Å²) in [6.45, 7) is 9.71. The fourth-order valence-corrected chi connectivity index (χ4v) is 5.05. The summed E-state index contributed by atoms with van der Waals surface area (Å²) in [7, 11) is -2.02. The van der Waals surface area contributed by atoms with E-state index in [0.717, 1.165) is 6.26 Å². The van der Waals surface area contributed by atoms with Crippen molar-refractivity contribution < 1.29 is 32.3 Å². The highest BCUT2D eigenvalue weighted by Crippen LogP contribution is 2.33. The summed E-state index contributed by atoms with van der Waals surface area (Å²) in [6, 6.07) is 4.28. The fraction of sp³-hybridized carbons (Fsp3) is 0.519. The summed E-state index contributed by atoms with van der Waals surface area (Å²) in [5.41, 5.74) is 0.362. The average molecular weight is 604 g/mol. The number of rotatable bonds is 6. The van der Waals surface area contributed by atoms with Gasteiger partial charge in [0.1, 0.15) is 11.3 Å². The van der Waals surface area contributed by atoms with Crippen molar-refractivity contribution in [1.29, 1.82) is 0 Å². The van der Waals surface area contributed by atoms with E-state index < -0.39 is 33.5 Å². The number of nitrogens with one attached hydrogen (secondary N) is 2. The highest BCUT2D eigenvalue weighted by molar-refractivity contribution is 7.90. The molecule has 1 fully saturated rings. The first-order valence-corrected chi connectivity index (χ1v) is 15.3. The zero-order chi connectivity index (χ0) is 31.0. The van der Waals surface area contributed by atoms with Crippen molar-refractivity contribution in [2.75, 3.05) is 60.0 Å². The minimum Gasteiger partial charge on any atom is -0.444 e. The van der Waals surface area contributed by atoms with E-state index in [9.17, 15) is 22.8 Å². The second kappa shape index (κ2) is 11.7. The molecular formula is C27H37N7O7S. The molecule has 2 aromatic rings. The molecule has 1 atom stereocenters. The van der Waals surface area contributed by atoms with Crippen LogP contribution in [0, 0.1) is 0 Å². The predicted molar refractivity (Wildman–Crippen MR) is 157 cm³/mol. The molecule has 4 rings (SSSR count). The quantitative estimate of drug-likeness (QED) is 0.498. The number of amides is 3. The molecule has 0 aliphatic carbocycles. The van der Waals surface area contributed by atoms with Gasteiger partial charge in [0.15, 0.2) is 21.8 Å². The van der Waals surface area contributed by atoms with Gasteiger partial charge >= 0.3 is 6.09 Å². The number of aromatic nitrogens is 2. The summed E-state index contributed by atoms with van der Waals surface area (Å²) in [6.07, 6.45) is 1.04. The number of morpholine rings is 1. The van der Waals surface area contributed by atoms with Crippen molar-refractivity contribution in [1.82, 2.24) is 14.9 Å². The highest BCUT2D eigenvalue weighted by atomic mass is 32.2. The number of carbonyl (C=O) groups excluding carboxylic acids is 3. The maximum absolute atomic E-state index is 13.1. The molecule has 0 saturated carbocycles. The molecule has 0 spiro atoms. The number of anilines is 5. The molecule has 0 bridgehead atoms. The fourth-order valence-electron chi connectivity index (χ4n) is 4.37. The van der Waals surface area contributed by atoms with Gasteiger partial charge in [-0.05, 0) is 52.8 Å². The number of sulfone groups is 1. The first-order chi connectivity index (χ1) is 19.5. The van der Waals surface area contributed by atoms with Gasteiger partial charge in [-0.2, -0.15) is 4.98 Å². The minimum absolute atomic E-state index is 0.00669. The van der Waals surface area contributed by atoms with Crippen molar-refractivity contribution in [3.63, 3.8) is 0 Å². The molecule has 1 aromatic carbocycles. The van der Waals surface area contributed by atoms with Crippen LogP contribution in [0.25, 0.3) is 0 Å². The highest BCUT2D eigenvalue weighted by Gasteiger charge is 2.33. The van der Waals surface area contributed by atoms with Crippen LogP contribution in [0.2, 0.25) is 0 Å². The number of likely N-dealkylation sites (N-methyl/N-ethyl adjacent to an activating group) is 1. The lowest BCUT2D eigenvalue weighted by molar-refractivity contribution is -0.132. The smallest absolute Gasteiger partial charge is 0.410 e. The lowest BCUT2D eigenvalue weighted by atomic mass is 10.2. The Morgan fingerprint density at radius 3 is 2.50 bits per heavy atom. The van der Waals surface area contributed by atoms with Crippen molar-refractivity contribution >= 4 is 56.6 Å². The second-order valence-electron chi connectivity index (χ2n) is 11.5. The van der Waals surface area contributed by atoms with Crippen LogP contribution in [0.3, 0.4) is 0 Å². The summed E-state index contributed by atoms with van der Waals surface area (Å²) in [4.78, 5) is 51.7. The van der Waals surface area contributed by atoms with Gasteiger partial charge in [-0.25, -0.2) is 18.2 Å². The van der Waals surface area contributed by atoms with E-state index in [0.29, 0.717) is 17.2 Å². The van der Waals surface area contributed by atoms with Crippen LogP contribution < -0.4 is 20.4 Å². The van der Waals surface area contributed by atoms with E-state index in [4.69, 9.17) is 9.47 Å². The molecule has 0 radical (unpaired) electrons. The number of hydrogen-bond donors (Lipinski definition) is 2. The van der Waals surface area contributed by atoms with Crippen molar-refractivity contribution in [2.45, 2.75) is 57.3 Å². The largest absolute Gasteiger partial charge is 0.444 e. The van der Waals surface area contributed by atoms with Crippen LogP contribution in [0.5, 0.6) is 0 Å². The molecule has 2 N–H and O–H groups in total. The second-order valence-corrected chi connectivity index (χ2v) is 13.5. The van der Waals surface area contributed by atoms with E-state index in [-0.39, 0.29) is 54.7 Å². The summed E-state index contributed by atoms with van der Waals surface area (Å²) in [5.74, 6) is 0.0955. The third-order valence-electron chi connectivity index (χ3n) is 6.56. The van der Waals surface area contributed by atoms with Gasteiger partial charge in [0.05, 0.1) is 30.8 Å². The van der Waals surface area contributed by atoms with Gasteiger partial charge < -0.3 is 34.8 Å². The lowest BCUT2D eigenvalue weighted by Crippen LogP contribution is -2.51. The van der Waals surface area contributed by atoms with Crippen LogP contribution in [0.1, 0.15) is 34.6 Å². The Morgan fingerprint density at radius 2 is 1.86 bits per heavy atom. The Bertz CT molecular complexity index is 1490. The first kappa shape index (κ1) is 31.0. The number of carbonyl (C=O) groups is 3. The zero-order valence-corrected chi connectivity index (χ0v) is 25.6. The van der Waals surface area contributed by atoms with Crippen LogP contribution in [-0.4, -0.2) is 98.5 Å². The van der Waals surface area contributed by atoms with E-state index >= 15 is 0 Å². The van der Waals surface area contributed by atoms with E-state index in [1.165, 1.54) is 28.1 Å². The summed E-state index contributed by atoms with van der Waals surface area (Å²) >= 11 is 0. The van der Waals surface area contributed by atoms with E-state index in [1.807, 2.05) is 18.7 Å². The van der Waals surface area contributed by atoms with Crippen LogP contribution in [0.15, 0.2) is 29.3 Å². The van der Waals surface area contributed by atoms with Crippen molar-refractivity contribution in [3.05, 3.63) is 24.4 Å². The molecule has 2 aliphatic heterocycles. The van der Waals surface area contributed by atoms with E-state index in [2.05, 4.69) is 20.6 Å². The van der Waals surface area contributed by atoms with E-state index in [1.54, 1.807) is 33.9 Å². The molecule has 15 heteroatoms. The molecule has 42 heavy (non-hydrogen) atoms. The molecule has 1 aromatic heterocycles. The Labute approximate surface area is 245 Å². The molecule has 3 amide bonds. The molecule has 228 valence electrons. The number of nitrogens with zero attached hydrogens (tertiary/aromatic N) is 5. The predicted octanol–water partition coefficient (Wildman–Crippen LogP) is 2.39. The topological polar surface area (TPSA) is 163 Å². The Kier molecular flexibility index (Phi) is 8.64. The molecule has 2 aliphatic rings. The van der Waals surface area contributed by atoms with Gasteiger partial charge in [-0.1, -0.05) is 0 Å². The third kappa shape index (κ3) is 7.26. The SMILES string of the molecule is CC(C)N1CC(=O)N(C)c2cnc(Nc3cc(NC(=O)C4CN(C(=O)OC(C)(C)C)CCO4)cc(S(C)(=O)=O)c3)nc21. The molecule has 14 nitrogen and oxygen atoms in total. The van der Waals surface area contributed by atoms with Gasteiger partial charge in [0.25, 0.3) is 5.91 Å². The summed E-state index contributed by atoms with van der Waals surface area (Å²) < 4.78 is 36.0. The van der Waals surface area contributed by atoms with Crippen molar-refractivity contribution in [3.8, 4) is 0 Å². The average Bonchev–Trinajstić information content (AvgIpc) is 2.89. The third-order valence-corrected chi connectivity index (χ3v) is 7.65. The Hall–Kier alpha value is -3.98. The van der Waals surface area contributed by atoms with Gasteiger partial charge in [0, 0.05) is 37.3 Å². The maximum atomic E-state index is 13.1. The summed E-state index contributed by atoms with van der Waals surface area (Å²) in [5, 5.41) is 5.72. The van der Waals surface area contributed by atoms with Crippen LogP contribution in [0.4, 0.5) is 33.6 Å². The lowest BCUT2D eigenvalue weighted by Gasteiger charge is -2.36. The monoisotopic (exact) mass is 603 g/mol. The molecule has 1 unspecified atom stereocenters. The van der Waals surface area contributed by atoms with Gasteiger partial charge in [-0.15, -0.1) is 0 Å². The molecule has 1 saturated heterocycles. The number of fused-ring (bicyclic) bond motifs is 1. The maximum Gasteiger partial charge on any atom is 0.410 e. The van der Waals surface area contributed by atoms with Gasteiger partial charge in [0.2, 0.25) is 11.9 Å². The van der Waals surface area contributed by atoms with Crippen molar-refractivity contribution in [2.24, 2.45) is 0 Å². The Morgan fingerprint density at radius 1 is 1.17 bits per heavy atom. The molecular weight excluding hydrogens is 566 g/mol. The zero-order valence-electron chi connectivity index (χ0n) is 24.8.